The zero-order valence-electron chi connectivity index (χ0n) is 9.52. The van der Waals surface area contributed by atoms with Gasteiger partial charge in [-0.25, -0.2) is 0 Å². The number of hydrogen-bond acceptors (Lipinski definition) is 1. The molecule has 1 nitrogen and oxygen atoms in total. The summed E-state index contributed by atoms with van der Waals surface area (Å²) >= 11 is 0. The minimum absolute atomic E-state index is 0.290. The maximum atomic E-state index is 10.9. The zero-order valence-corrected chi connectivity index (χ0v) is 9.52. The Bertz CT molecular complexity index is 284. The number of rotatable bonds is 4. The molecule has 0 saturated heterocycles. The second-order valence-electron chi connectivity index (χ2n) is 4.45. The highest BCUT2D eigenvalue weighted by Crippen LogP contribution is 2.38. The van der Waals surface area contributed by atoms with Gasteiger partial charge in [-0.2, -0.15) is 0 Å². The van der Waals surface area contributed by atoms with Crippen molar-refractivity contribution < 1.29 is 4.79 Å². The molecule has 0 fully saturated rings. The van der Waals surface area contributed by atoms with Crippen molar-refractivity contribution in [3.05, 3.63) is 23.3 Å². The van der Waals surface area contributed by atoms with E-state index in [2.05, 4.69) is 20.4 Å². The molecule has 1 aliphatic carbocycles. The molecule has 0 aromatic heterocycles. The van der Waals surface area contributed by atoms with Crippen LogP contribution in [0.2, 0.25) is 0 Å². The molecule has 0 aliphatic heterocycles. The van der Waals surface area contributed by atoms with E-state index in [4.69, 9.17) is 0 Å². The first-order chi connectivity index (χ1) is 6.52. The molecule has 0 saturated carbocycles. The molecule has 78 valence electrons. The summed E-state index contributed by atoms with van der Waals surface area (Å²) in [5, 5.41) is 0. The van der Waals surface area contributed by atoms with Gasteiger partial charge in [-0.3, -0.25) is 0 Å². The number of carbonyl (C=O) groups excluding carboxylic acids is 1. The standard InChI is InChI=1S/C13H20O/c1-9(2)12-7-5-10(3)13(12)8-6-11(4)14/h12H,1,5-8H2,2-4H3/t12-/m1/s1. The van der Waals surface area contributed by atoms with Crippen molar-refractivity contribution in [1.29, 1.82) is 0 Å². The molecule has 1 rings (SSSR count). The molecule has 0 aromatic rings. The second-order valence-corrected chi connectivity index (χ2v) is 4.45. The molecule has 0 aromatic carbocycles. The molecule has 1 heteroatoms. The fourth-order valence-electron chi connectivity index (χ4n) is 2.24. The molecule has 1 aliphatic rings. The van der Waals surface area contributed by atoms with Gasteiger partial charge in [0.2, 0.25) is 0 Å². The number of hydrogen-bond donors (Lipinski definition) is 0. The van der Waals surface area contributed by atoms with Gasteiger partial charge in [0.25, 0.3) is 0 Å². The van der Waals surface area contributed by atoms with Gasteiger partial charge in [0, 0.05) is 12.3 Å². The van der Waals surface area contributed by atoms with E-state index in [1.54, 1.807) is 6.92 Å². The van der Waals surface area contributed by atoms with Gasteiger partial charge in [-0.05, 0) is 40.0 Å². The maximum absolute atomic E-state index is 10.9. The maximum Gasteiger partial charge on any atom is 0.130 e. The normalized spacial score (nSPS) is 21.5. The summed E-state index contributed by atoms with van der Waals surface area (Å²) < 4.78 is 0. The van der Waals surface area contributed by atoms with Crippen molar-refractivity contribution in [2.45, 2.75) is 46.5 Å². The molecule has 0 unspecified atom stereocenters. The average Bonchev–Trinajstić information content (AvgIpc) is 2.43. The van der Waals surface area contributed by atoms with Crippen LogP contribution >= 0.6 is 0 Å². The highest BCUT2D eigenvalue weighted by molar-refractivity contribution is 5.75. The SMILES string of the molecule is C=C(C)[C@H]1CCC(C)=C1CCC(C)=O. The fraction of sp³-hybridized carbons (Fsp3) is 0.615. The van der Waals surface area contributed by atoms with Crippen LogP contribution < -0.4 is 0 Å². The Labute approximate surface area is 86.9 Å². The molecule has 0 bridgehead atoms. The van der Waals surface area contributed by atoms with E-state index in [-0.39, 0.29) is 5.78 Å². The molecule has 0 heterocycles. The van der Waals surface area contributed by atoms with Gasteiger partial charge in [0.15, 0.2) is 0 Å². The highest BCUT2D eigenvalue weighted by Gasteiger charge is 2.23. The molecular formula is C13H20O. The van der Waals surface area contributed by atoms with Gasteiger partial charge in [-0.1, -0.05) is 23.3 Å². The van der Waals surface area contributed by atoms with Gasteiger partial charge < -0.3 is 4.79 Å². The van der Waals surface area contributed by atoms with E-state index in [0.29, 0.717) is 12.3 Å². The van der Waals surface area contributed by atoms with Crippen molar-refractivity contribution in [3.8, 4) is 0 Å². The summed E-state index contributed by atoms with van der Waals surface area (Å²) in [7, 11) is 0. The van der Waals surface area contributed by atoms with Crippen molar-refractivity contribution in [3.63, 3.8) is 0 Å². The third-order valence-corrected chi connectivity index (χ3v) is 3.12. The van der Waals surface area contributed by atoms with E-state index in [9.17, 15) is 4.79 Å². The first-order valence-corrected chi connectivity index (χ1v) is 5.35. The van der Waals surface area contributed by atoms with E-state index >= 15 is 0 Å². The Hall–Kier alpha value is -0.850. The zero-order chi connectivity index (χ0) is 10.7. The number of Topliss-reactive ketones (excluding diaryl/α,β-unsaturated/α-hetero) is 1. The predicted octanol–water partition coefficient (Wildman–Crippen LogP) is 3.66. The minimum Gasteiger partial charge on any atom is -0.300 e. The van der Waals surface area contributed by atoms with Crippen LogP contribution in [-0.4, -0.2) is 5.78 Å². The fourth-order valence-corrected chi connectivity index (χ4v) is 2.24. The molecule has 14 heavy (non-hydrogen) atoms. The van der Waals surface area contributed by atoms with E-state index < -0.39 is 0 Å². The highest BCUT2D eigenvalue weighted by atomic mass is 16.1. The average molecular weight is 192 g/mol. The lowest BCUT2D eigenvalue weighted by Crippen LogP contribution is -2.02. The molecular weight excluding hydrogens is 172 g/mol. The Morgan fingerprint density at radius 3 is 2.64 bits per heavy atom. The molecule has 1 atom stereocenters. The van der Waals surface area contributed by atoms with Gasteiger partial charge in [0.1, 0.15) is 5.78 Å². The quantitative estimate of drug-likeness (QED) is 0.621. The van der Waals surface area contributed by atoms with Gasteiger partial charge in [-0.15, -0.1) is 0 Å². The van der Waals surface area contributed by atoms with Crippen LogP contribution in [0, 0.1) is 5.92 Å². The third kappa shape index (κ3) is 2.57. The first kappa shape index (κ1) is 11.2. The van der Waals surface area contributed by atoms with E-state index in [0.717, 1.165) is 6.42 Å². The van der Waals surface area contributed by atoms with Gasteiger partial charge in [0.05, 0.1) is 0 Å². The Morgan fingerprint density at radius 2 is 2.14 bits per heavy atom. The summed E-state index contributed by atoms with van der Waals surface area (Å²) in [5.41, 5.74) is 4.22. The van der Waals surface area contributed by atoms with Crippen molar-refractivity contribution >= 4 is 5.78 Å². The van der Waals surface area contributed by atoms with Crippen LogP contribution in [0.1, 0.15) is 46.5 Å². The minimum atomic E-state index is 0.290. The van der Waals surface area contributed by atoms with Crippen LogP contribution in [0.25, 0.3) is 0 Å². The summed E-state index contributed by atoms with van der Waals surface area (Å²) in [6.45, 7) is 9.98. The predicted molar refractivity (Wildman–Crippen MR) is 60.2 cm³/mol. The Morgan fingerprint density at radius 1 is 1.50 bits per heavy atom. The van der Waals surface area contributed by atoms with Crippen molar-refractivity contribution in [1.82, 2.24) is 0 Å². The van der Waals surface area contributed by atoms with Crippen LogP contribution in [-0.2, 0) is 4.79 Å². The summed E-state index contributed by atoms with van der Waals surface area (Å²) in [6, 6.07) is 0. The third-order valence-electron chi connectivity index (χ3n) is 3.12. The van der Waals surface area contributed by atoms with Crippen molar-refractivity contribution in [2.75, 3.05) is 0 Å². The number of carbonyl (C=O) groups is 1. The van der Waals surface area contributed by atoms with Crippen LogP contribution in [0.4, 0.5) is 0 Å². The monoisotopic (exact) mass is 192 g/mol. The lowest BCUT2D eigenvalue weighted by atomic mass is 9.90. The van der Waals surface area contributed by atoms with E-state index in [1.165, 1.54) is 29.6 Å². The van der Waals surface area contributed by atoms with E-state index in [1.807, 2.05) is 0 Å². The second kappa shape index (κ2) is 4.59. The largest absolute Gasteiger partial charge is 0.300 e. The number of allylic oxidation sites excluding steroid dienone is 3. The molecule has 0 radical (unpaired) electrons. The summed E-state index contributed by atoms with van der Waals surface area (Å²) in [5.74, 6) is 0.840. The summed E-state index contributed by atoms with van der Waals surface area (Å²) in [6.07, 6.45) is 4.02. The Balaban J connectivity index is 2.67. The molecule has 0 N–H and O–H groups in total. The van der Waals surface area contributed by atoms with Crippen LogP contribution in [0.5, 0.6) is 0 Å². The topological polar surface area (TPSA) is 17.1 Å². The lowest BCUT2D eigenvalue weighted by molar-refractivity contribution is -0.116. The smallest absolute Gasteiger partial charge is 0.130 e. The van der Waals surface area contributed by atoms with Crippen molar-refractivity contribution in [2.24, 2.45) is 5.92 Å². The summed E-state index contributed by atoms with van der Waals surface area (Å²) in [4.78, 5) is 10.9. The van der Waals surface area contributed by atoms with Gasteiger partial charge >= 0.3 is 0 Å². The molecule has 0 amide bonds. The lowest BCUT2D eigenvalue weighted by Gasteiger charge is -2.14. The Kier molecular flexibility index (Phi) is 3.68. The molecule has 0 spiro atoms. The van der Waals surface area contributed by atoms with Crippen LogP contribution in [0.3, 0.4) is 0 Å². The number of ketones is 1. The first-order valence-electron chi connectivity index (χ1n) is 5.35. The van der Waals surface area contributed by atoms with Crippen LogP contribution in [0.15, 0.2) is 23.3 Å².